The van der Waals surface area contributed by atoms with Crippen molar-refractivity contribution in [2.75, 3.05) is 13.1 Å². The Bertz CT molecular complexity index is 1030. The van der Waals surface area contributed by atoms with E-state index in [9.17, 15) is 4.79 Å². The molecule has 1 aromatic heterocycles. The van der Waals surface area contributed by atoms with Gasteiger partial charge >= 0.3 is 0 Å². The van der Waals surface area contributed by atoms with E-state index in [1.165, 1.54) is 12.0 Å². The fourth-order valence-electron chi connectivity index (χ4n) is 3.97. The molecule has 1 saturated heterocycles. The van der Waals surface area contributed by atoms with Crippen LogP contribution in [0.1, 0.15) is 56.5 Å². The molecule has 3 aromatic rings. The molecule has 1 aliphatic rings. The van der Waals surface area contributed by atoms with Crippen molar-refractivity contribution in [1.82, 2.24) is 15.0 Å². The van der Waals surface area contributed by atoms with Crippen molar-refractivity contribution < 1.29 is 9.32 Å². The van der Waals surface area contributed by atoms with Gasteiger partial charge in [-0.2, -0.15) is 4.98 Å². The number of likely N-dealkylation sites (tertiary alicyclic amines) is 1. The predicted molar refractivity (Wildman–Crippen MR) is 118 cm³/mol. The van der Waals surface area contributed by atoms with Crippen molar-refractivity contribution in [2.24, 2.45) is 5.92 Å². The van der Waals surface area contributed by atoms with Crippen LogP contribution in [0.3, 0.4) is 0 Å². The molecule has 0 radical (unpaired) electrons. The molecule has 0 N–H and O–H groups in total. The van der Waals surface area contributed by atoms with Crippen LogP contribution in [0.2, 0.25) is 0 Å². The molecule has 1 unspecified atom stereocenters. The Balaban J connectivity index is 1.62. The average Bonchev–Trinajstić information content (AvgIpc) is 3.23. The summed E-state index contributed by atoms with van der Waals surface area (Å²) in [7, 11) is 0. The highest BCUT2D eigenvalue weighted by Crippen LogP contribution is 2.29. The minimum absolute atomic E-state index is 0.0337. The minimum Gasteiger partial charge on any atom is -0.338 e. The minimum atomic E-state index is 0.0337. The lowest BCUT2D eigenvalue weighted by Crippen LogP contribution is -2.39. The van der Waals surface area contributed by atoms with Crippen molar-refractivity contribution in [2.45, 2.75) is 46.0 Å². The Morgan fingerprint density at radius 3 is 2.53 bits per heavy atom. The monoisotopic (exact) mass is 403 g/mol. The number of hydrogen-bond acceptors (Lipinski definition) is 4. The van der Waals surface area contributed by atoms with Crippen LogP contribution >= 0.6 is 0 Å². The summed E-state index contributed by atoms with van der Waals surface area (Å²) < 4.78 is 5.57. The fourth-order valence-corrected chi connectivity index (χ4v) is 3.97. The maximum Gasteiger partial charge on any atom is 0.259 e. The lowest BCUT2D eigenvalue weighted by atomic mass is 9.87. The average molecular weight is 404 g/mol. The second-order valence-electron chi connectivity index (χ2n) is 9.29. The molecule has 2 aromatic carbocycles. The van der Waals surface area contributed by atoms with Crippen LogP contribution in [0.15, 0.2) is 53.1 Å². The highest BCUT2D eigenvalue weighted by Gasteiger charge is 2.25. The van der Waals surface area contributed by atoms with Gasteiger partial charge in [0.2, 0.25) is 5.82 Å². The first-order valence-corrected chi connectivity index (χ1v) is 10.7. The van der Waals surface area contributed by atoms with Gasteiger partial charge in [0.1, 0.15) is 0 Å². The van der Waals surface area contributed by atoms with Gasteiger partial charge in [-0.15, -0.1) is 0 Å². The maximum absolute atomic E-state index is 13.2. The molecule has 0 aliphatic carbocycles. The van der Waals surface area contributed by atoms with Crippen molar-refractivity contribution in [1.29, 1.82) is 0 Å². The molecule has 5 nitrogen and oxygen atoms in total. The zero-order chi connectivity index (χ0) is 21.3. The molecule has 1 fully saturated rings. The Hall–Kier alpha value is -2.95. The van der Waals surface area contributed by atoms with Crippen LogP contribution in [0.4, 0.5) is 0 Å². The summed E-state index contributed by atoms with van der Waals surface area (Å²) in [5.41, 5.74) is 3.54. The third kappa shape index (κ3) is 4.16. The van der Waals surface area contributed by atoms with Crippen LogP contribution in [-0.2, 0) is 5.41 Å². The van der Waals surface area contributed by atoms with Gasteiger partial charge in [-0.1, -0.05) is 69.2 Å². The number of rotatable bonds is 3. The second-order valence-corrected chi connectivity index (χ2v) is 9.29. The fraction of sp³-hybridized carbons (Fsp3) is 0.400. The Morgan fingerprint density at radius 2 is 1.83 bits per heavy atom. The Kier molecular flexibility index (Phi) is 5.46. The van der Waals surface area contributed by atoms with Crippen LogP contribution < -0.4 is 0 Å². The lowest BCUT2D eigenvalue weighted by molar-refractivity contribution is 0.0683. The molecule has 30 heavy (non-hydrogen) atoms. The van der Waals surface area contributed by atoms with Gasteiger partial charge in [0.15, 0.2) is 0 Å². The number of piperidine rings is 1. The van der Waals surface area contributed by atoms with E-state index in [2.05, 4.69) is 50.0 Å². The van der Waals surface area contributed by atoms with E-state index in [0.29, 0.717) is 28.8 Å². The molecule has 0 spiro atoms. The molecule has 4 rings (SSSR count). The zero-order valence-electron chi connectivity index (χ0n) is 18.2. The van der Waals surface area contributed by atoms with Crippen molar-refractivity contribution in [3.8, 4) is 22.8 Å². The highest BCUT2D eigenvalue weighted by molar-refractivity contribution is 6.00. The number of hydrogen-bond donors (Lipinski definition) is 0. The SMILES string of the molecule is CC1CCCN(C(=O)c2ccccc2-c2nc(-c3ccc(C(C)(C)C)cc3)no2)C1. The van der Waals surface area contributed by atoms with Crippen LogP contribution in [0, 0.1) is 5.92 Å². The normalized spacial score (nSPS) is 17.2. The van der Waals surface area contributed by atoms with Gasteiger partial charge in [-0.05, 0) is 41.9 Å². The topological polar surface area (TPSA) is 59.2 Å². The quantitative estimate of drug-likeness (QED) is 0.573. The van der Waals surface area contributed by atoms with E-state index < -0.39 is 0 Å². The van der Waals surface area contributed by atoms with E-state index >= 15 is 0 Å². The predicted octanol–water partition coefficient (Wildman–Crippen LogP) is 5.57. The summed E-state index contributed by atoms with van der Waals surface area (Å²) in [6.07, 6.45) is 2.22. The van der Waals surface area contributed by atoms with E-state index in [-0.39, 0.29) is 11.3 Å². The largest absolute Gasteiger partial charge is 0.338 e. The van der Waals surface area contributed by atoms with Gasteiger partial charge in [0, 0.05) is 18.7 Å². The lowest BCUT2D eigenvalue weighted by Gasteiger charge is -2.31. The Morgan fingerprint density at radius 1 is 1.10 bits per heavy atom. The third-order valence-corrected chi connectivity index (χ3v) is 5.77. The molecule has 2 heterocycles. The second kappa shape index (κ2) is 8.05. The molecule has 1 atom stereocenters. The number of carbonyl (C=O) groups is 1. The summed E-state index contributed by atoms with van der Waals surface area (Å²) in [4.78, 5) is 19.7. The molecule has 0 saturated carbocycles. The summed E-state index contributed by atoms with van der Waals surface area (Å²) in [6, 6.07) is 15.7. The molecule has 1 amide bonds. The van der Waals surface area contributed by atoms with Gasteiger partial charge in [0.05, 0.1) is 11.1 Å². The van der Waals surface area contributed by atoms with E-state index in [4.69, 9.17) is 4.52 Å². The van der Waals surface area contributed by atoms with Gasteiger partial charge < -0.3 is 9.42 Å². The van der Waals surface area contributed by atoms with Gasteiger partial charge in [-0.3, -0.25) is 4.79 Å². The van der Waals surface area contributed by atoms with Crippen LogP contribution in [0.5, 0.6) is 0 Å². The third-order valence-electron chi connectivity index (χ3n) is 5.77. The zero-order valence-corrected chi connectivity index (χ0v) is 18.2. The number of aromatic nitrogens is 2. The molecular formula is C25H29N3O2. The van der Waals surface area contributed by atoms with Gasteiger partial charge in [0.25, 0.3) is 11.8 Å². The van der Waals surface area contributed by atoms with Crippen LogP contribution in [0.25, 0.3) is 22.8 Å². The molecular weight excluding hydrogens is 374 g/mol. The molecule has 0 bridgehead atoms. The van der Waals surface area contributed by atoms with Crippen LogP contribution in [-0.4, -0.2) is 34.0 Å². The summed E-state index contributed by atoms with van der Waals surface area (Å²) in [5.74, 6) is 1.46. The summed E-state index contributed by atoms with van der Waals surface area (Å²) in [5, 5.41) is 4.17. The smallest absolute Gasteiger partial charge is 0.259 e. The standard InChI is InChI=1S/C25H29N3O2/c1-17-8-7-15-28(16-17)24(29)21-10-6-5-9-20(21)23-26-22(27-30-23)18-11-13-19(14-12-18)25(2,3)4/h5-6,9-14,17H,7-8,15-16H2,1-4H3. The molecule has 5 heteroatoms. The van der Waals surface area contributed by atoms with Crippen molar-refractivity contribution in [3.63, 3.8) is 0 Å². The first-order valence-electron chi connectivity index (χ1n) is 10.7. The summed E-state index contributed by atoms with van der Waals surface area (Å²) >= 11 is 0. The number of amides is 1. The Labute approximate surface area is 178 Å². The van der Waals surface area contributed by atoms with E-state index in [1.54, 1.807) is 0 Å². The van der Waals surface area contributed by atoms with Crippen molar-refractivity contribution >= 4 is 5.91 Å². The van der Waals surface area contributed by atoms with Crippen molar-refractivity contribution in [3.05, 3.63) is 59.7 Å². The molecule has 156 valence electrons. The number of carbonyl (C=O) groups excluding carboxylic acids is 1. The number of nitrogens with zero attached hydrogens (tertiary/aromatic N) is 3. The highest BCUT2D eigenvalue weighted by atomic mass is 16.5. The van der Waals surface area contributed by atoms with Gasteiger partial charge in [-0.25, -0.2) is 0 Å². The first-order chi connectivity index (χ1) is 14.3. The number of benzene rings is 2. The summed E-state index contributed by atoms with van der Waals surface area (Å²) in [6.45, 7) is 10.3. The van der Waals surface area contributed by atoms with E-state index in [0.717, 1.165) is 25.1 Å². The molecule has 1 aliphatic heterocycles. The maximum atomic E-state index is 13.2. The van der Waals surface area contributed by atoms with E-state index in [1.807, 2.05) is 41.3 Å². The first kappa shape index (κ1) is 20.3.